The molecule has 12 aliphatic rings. The number of carbonyl (C=O) groups excluding carboxylic acids is 3. The molecule has 498 valence electrons. The lowest BCUT2D eigenvalue weighted by Gasteiger charge is -2.61. The van der Waals surface area contributed by atoms with Crippen molar-refractivity contribution in [3.05, 3.63) is 0 Å². The van der Waals surface area contributed by atoms with Gasteiger partial charge in [-0.3, -0.25) is 14.4 Å². The Kier molecular flexibility index (Phi) is 22.1. The molecule has 0 aliphatic heterocycles. The van der Waals surface area contributed by atoms with Crippen molar-refractivity contribution in [2.75, 3.05) is 0 Å². The second-order valence-corrected chi connectivity index (χ2v) is 39.2. The van der Waals surface area contributed by atoms with Crippen molar-refractivity contribution < 1.29 is 14.4 Å². The number of ketones is 3. The number of hydrogen-bond acceptors (Lipinski definition) is 3. The Morgan fingerprint density at radius 3 is 0.805 bits per heavy atom. The Labute approximate surface area is 551 Å². The maximum absolute atomic E-state index is 12.3. The number of halogens is 3. The fourth-order valence-electron chi connectivity index (χ4n) is 27.3. The van der Waals surface area contributed by atoms with Crippen LogP contribution in [0.15, 0.2) is 0 Å². The van der Waals surface area contributed by atoms with Gasteiger partial charge in [-0.25, -0.2) is 0 Å². The topological polar surface area (TPSA) is 51.2 Å². The third-order valence-corrected chi connectivity index (χ3v) is 33.2. The molecule has 0 aromatic carbocycles. The van der Waals surface area contributed by atoms with Gasteiger partial charge in [0.05, 0.1) is 16.1 Å². The molecule has 0 aromatic rings. The van der Waals surface area contributed by atoms with E-state index in [1.54, 1.807) is 0 Å². The Morgan fingerprint density at radius 1 is 0.322 bits per heavy atom. The summed E-state index contributed by atoms with van der Waals surface area (Å²) in [5.41, 5.74) is 2.62. The quantitative estimate of drug-likeness (QED) is 0.154. The summed E-state index contributed by atoms with van der Waals surface area (Å²) in [4.78, 5) is 36.9. The van der Waals surface area contributed by atoms with E-state index in [1.165, 1.54) is 173 Å². The molecule has 27 atom stereocenters. The third kappa shape index (κ3) is 13.3. The van der Waals surface area contributed by atoms with Crippen LogP contribution in [-0.2, 0) is 14.4 Å². The van der Waals surface area contributed by atoms with Gasteiger partial charge in [-0.2, -0.15) is 0 Å². The van der Waals surface area contributed by atoms with Crippen molar-refractivity contribution in [2.24, 2.45) is 157 Å². The average molecular weight is 1260 g/mol. The van der Waals surface area contributed by atoms with E-state index in [4.69, 9.17) is 34.8 Å². The Hall–Kier alpha value is -0.120. The van der Waals surface area contributed by atoms with Crippen molar-refractivity contribution in [2.45, 2.75) is 332 Å². The summed E-state index contributed by atoms with van der Waals surface area (Å²) in [7, 11) is 0. The summed E-state index contributed by atoms with van der Waals surface area (Å²) < 4.78 is 0. The Bertz CT molecular complexity index is 2090. The first-order chi connectivity index (χ1) is 41.0. The number of fused-ring (bicyclic) bond motifs is 15. The molecule has 0 saturated heterocycles. The van der Waals surface area contributed by atoms with E-state index in [2.05, 4.69) is 104 Å². The van der Waals surface area contributed by atoms with Crippen LogP contribution in [0.3, 0.4) is 0 Å². The number of carbonyl (C=O) groups is 3. The fourth-order valence-corrected chi connectivity index (χ4v) is 28.5. The zero-order valence-corrected chi connectivity index (χ0v) is 61.3. The van der Waals surface area contributed by atoms with E-state index in [-0.39, 0.29) is 16.1 Å². The van der Waals surface area contributed by atoms with Crippen LogP contribution >= 0.6 is 34.8 Å². The van der Waals surface area contributed by atoms with E-state index in [0.29, 0.717) is 67.6 Å². The highest BCUT2D eigenvalue weighted by atomic mass is 35.5. The van der Waals surface area contributed by atoms with E-state index < -0.39 is 0 Å². The first-order valence-electron chi connectivity index (χ1n) is 38.5. The molecule has 12 fully saturated rings. The monoisotopic (exact) mass is 1260 g/mol. The molecule has 0 heterocycles. The molecular formula is C81H135Cl3O3. The van der Waals surface area contributed by atoms with Gasteiger partial charge >= 0.3 is 0 Å². The van der Waals surface area contributed by atoms with Gasteiger partial charge in [-0.15, -0.1) is 34.8 Å². The van der Waals surface area contributed by atoms with Gasteiger partial charge in [0.1, 0.15) is 0 Å². The molecule has 6 heteroatoms. The third-order valence-electron chi connectivity index (χ3n) is 32.0. The van der Waals surface area contributed by atoms with Crippen molar-refractivity contribution in [1.82, 2.24) is 0 Å². The van der Waals surface area contributed by atoms with Crippen molar-refractivity contribution in [1.29, 1.82) is 0 Å². The lowest BCUT2D eigenvalue weighted by Crippen LogP contribution is -2.55. The predicted molar refractivity (Wildman–Crippen MR) is 369 cm³/mol. The maximum atomic E-state index is 12.3. The normalized spacial score (nSPS) is 48.2. The second-order valence-electron chi connectivity index (χ2n) is 37.6. The molecule has 12 saturated carbocycles. The molecule has 0 bridgehead atoms. The molecule has 0 amide bonds. The minimum Gasteiger partial charge on any atom is -0.298 e. The standard InChI is InChI=1S/3C27H45ClO/c3*1-17(2)7-6-8-18(3)21-11-12-22-20-10-9-19-15-25(29)24(28)16-27(19,5)23(20)13-14-26(21,22)4/h3*17-24H,6-16H2,1-5H3/t3*18-,19+,20+,21-,22+,23+,24-,26-,27+/m111/s1. The van der Waals surface area contributed by atoms with Crippen LogP contribution in [-0.4, -0.2) is 33.5 Å². The van der Waals surface area contributed by atoms with Gasteiger partial charge in [0.2, 0.25) is 0 Å². The zero-order valence-electron chi connectivity index (χ0n) is 59.0. The first kappa shape index (κ1) is 69.7. The summed E-state index contributed by atoms with van der Waals surface area (Å²) >= 11 is 19.6. The minimum atomic E-state index is -0.222. The zero-order chi connectivity index (χ0) is 62.9. The second kappa shape index (κ2) is 27.5. The Balaban J connectivity index is 0.000000144. The van der Waals surface area contributed by atoms with Gasteiger partial charge in [0.15, 0.2) is 17.3 Å². The summed E-state index contributed by atoms with van der Waals surface area (Å²) in [6, 6.07) is 0. The predicted octanol–water partition coefficient (Wildman–Crippen LogP) is 23.7. The lowest BCUT2D eigenvalue weighted by atomic mass is 9.44. The van der Waals surface area contributed by atoms with E-state index in [0.717, 1.165) is 145 Å². The summed E-state index contributed by atoms with van der Waals surface area (Å²) in [5.74, 6) is 18.6. The van der Waals surface area contributed by atoms with E-state index >= 15 is 0 Å². The number of alkyl halides is 3. The lowest BCUT2D eigenvalue weighted by molar-refractivity contribution is -0.140. The van der Waals surface area contributed by atoms with Crippen molar-refractivity contribution in [3.63, 3.8) is 0 Å². The van der Waals surface area contributed by atoms with Gasteiger partial charge in [0, 0.05) is 19.3 Å². The maximum Gasteiger partial charge on any atom is 0.150 e. The highest BCUT2D eigenvalue weighted by molar-refractivity contribution is 6.32. The van der Waals surface area contributed by atoms with Gasteiger partial charge in [0.25, 0.3) is 0 Å². The minimum absolute atomic E-state index is 0.222. The first-order valence-corrected chi connectivity index (χ1v) is 39.8. The van der Waals surface area contributed by atoms with Crippen LogP contribution in [0, 0.1) is 157 Å². The molecule has 0 unspecified atom stereocenters. The van der Waals surface area contributed by atoms with Gasteiger partial charge < -0.3 is 0 Å². The van der Waals surface area contributed by atoms with Crippen molar-refractivity contribution >= 4 is 52.2 Å². The largest absolute Gasteiger partial charge is 0.298 e. The summed E-state index contributed by atoms with van der Waals surface area (Å²) in [6.07, 6.45) is 42.9. The van der Waals surface area contributed by atoms with Crippen LogP contribution in [0.4, 0.5) is 0 Å². The molecule has 0 spiro atoms. The number of rotatable bonds is 15. The fraction of sp³-hybridized carbons (Fsp3) is 0.963. The van der Waals surface area contributed by atoms with Gasteiger partial charge in [-0.1, -0.05) is 162 Å². The smallest absolute Gasteiger partial charge is 0.150 e. The molecule has 12 rings (SSSR count). The molecular weight excluding hydrogens is 1130 g/mol. The highest BCUT2D eigenvalue weighted by Crippen LogP contribution is 2.72. The molecule has 0 radical (unpaired) electrons. The van der Waals surface area contributed by atoms with Crippen LogP contribution < -0.4 is 0 Å². The average Bonchev–Trinajstić information content (AvgIpc) is 1.73. The SMILES string of the molecule is CC(C)CCC[C@@H](C)[C@H]1CC[C@H]2[C@@H]3CC[C@H]4CC(=O)[C@H](Cl)C[C@]4(C)[C@H]3CC[C@]12C.CC(C)CCC[C@@H](C)[C@H]1CC[C@H]2[C@@H]3CC[C@H]4CC(=O)[C@H](Cl)C[C@]4(C)[C@H]3CC[C@]12C.CC(C)CCC[C@@H](C)[C@H]1CC[C@H]2[C@@H]3CC[C@H]4CC(=O)[C@H](Cl)C[C@]4(C)[C@H]3CC[C@]12C. The van der Waals surface area contributed by atoms with E-state index in [1.807, 2.05) is 0 Å². The number of Topliss-reactive ketones (excluding diaryl/α,β-unsaturated/α-hetero) is 3. The molecule has 0 N–H and O–H groups in total. The van der Waals surface area contributed by atoms with Crippen LogP contribution in [0.2, 0.25) is 0 Å². The number of hydrogen-bond donors (Lipinski definition) is 0. The van der Waals surface area contributed by atoms with Crippen LogP contribution in [0.5, 0.6) is 0 Å². The van der Waals surface area contributed by atoms with Gasteiger partial charge in [-0.05, 0) is 292 Å². The highest BCUT2D eigenvalue weighted by Gasteiger charge is 2.65. The summed E-state index contributed by atoms with van der Waals surface area (Å²) in [5, 5.41) is -0.665. The molecule has 12 aliphatic carbocycles. The molecule has 3 nitrogen and oxygen atoms in total. The Morgan fingerprint density at radius 2 is 0.563 bits per heavy atom. The van der Waals surface area contributed by atoms with Crippen molar-refractivity contribution in [3.8, 4) is 0 Å². The van der Waals surface area contributed by atoms with E-state index in [9.17, 15) is 14.4 Å². The summed E-state index contributed by atoms with van der Waals surface area (Å²) in [6.45, 7) is 37.4. The molecule has 0 aromatic heterocycles. The van der Waals surface area contributed by atoms with Crippen LogP contribution in [0.1, 0.15) is 316 Å². The molecule has 87 heavy (non-hydrogen) atoms. The van der Waals surface area contributed by atoms with Crippen LogP contribution in [0.25, 0.3) is 0 Å².